The Morgan fingerprint density at radius 2 is 2.00 bits per heavy atom. The summed E-state index contributed by atoms with van der Waals surface area (Å²) >= 11 is 5.79. The van der Waals surface area contributed by atoms with E-state index in [2.05, 4.69) is 0 Å². The number of amides is 1. The molecule has 2 rings (SSSR count). The van der Waals surface area contributed by atoms with Crippen LogP contribution in [-0.2, 0) is 25.6 Å². The fourth-order valence-corrected chi connectivity index (χ4v) is 2.70. The van der Waals surface area contributed by atoms with Crippen LogP contribution in [0.2, 0.25) is 5.02 Å². The van der Waals surface area contributed by atoms with Crippen LogP contribution in [0.4, 0.5) is 0 Å². The third kappa shape index (κ3) is 3.92. The molecular formula is C12H14ClNO4S. The molecule has 104 valence electrons. The number of carbonyl (C=O) groups excluding carboxylic acids is 1. The molecule has 0 radical (unpaired) electrons. The van der Waals surface area contributed by atoms with E-state index >= 15 is 0 Å². The average Bonchev–Trinajstić information content (AvgIpc) is 2.63. The Bertz CT molecular complexity index is 570. The predicted molar refractivity (Wildman–Crippen MR) is 71.2 cm³/mol. The first-order chi connectivity index (χ1) is 8.85. The highest BCUT2D eigenvalue weighted by Crippen LogP contribution is 2.19. The maximum absolute atomic E-state index is 12.0. The molecule has 0 N–H and O–H groups in total. The number of likely N-dealkylation sites (tertiary alicyclic amines) is 1. The fraction of sp³-hybridized carbons (Fsp3) is 0.417. The van der Waals surface area contributed by atoms with Crippen molar-refractivity contribution in [2.24, 2.45) is 0 Å². The number of hydrogen-bond donors (Lipinski definition) is 0. The Kier molecular flexibility index (Phi) is 4.13. The van der Waals surface area contributed by atoms with E-state index in [0.29, 0.717) is 24.5 Å². The minimum atomic E-state index is -3.61. The summed E-state index contributed by atoms with van der Waals surface area (Å²) in [5.74, 6) is -0.291. The van der Waals surface area contributed by atoms with Gasteiger partial charge in [0.15, 0.2) is 6.10 Å². The van der Waals surface area contributed by atoms with Gasteiger partial charge in [-0.25, -0.2) is 0 Å². The van der Waals surface area contributed by atoms with Crippen LogP contribution in [0, 0.1) is 0 Å². The van der Waals surface area contributed by atoms with Crippen molar-refractivity contribution >= 4 is 27.6 Å². The lowest BCUT2D eigenvalue weighted by Crippen LogP contribution is -2.31. The zero-order valence-electron chi connectivity index (χ0n) is 10.4. The molecule has 0 saturated carbocycles. The third-order valence-corrected chi connectivity index (χ3v) is 3.66. The van der Waals surface area contributed by atoms with E-state index in [0.717, 1.165) is 11.8 Å². The van der Waals surface area contributed by atoms with Crippen molar-refractivity contribution in [3.05, 3.63) is 34.9 Å². The summed E-state index contributed by atoms with van der Waals surface area (Å²) in [6, 6.07) is 7.17. The van der Waals surface area contributed by atoms with Gasteiger partial charge in [0.25, 0.3) is 16.0 Å². The minimum absolute atomic E-state index is 0.291. The Morgan fingerprint density at radius 3 is 2.58 bits per heavy atom. The molecule has 0 aromatic heterocycles. The molecule has 1 aromatic carbocycles. The molecule has 0 unspecified atom stereocenters. The molecule has 1 aromatic rings. The van der Waals surface area contributed by atoms with Gasteiger partial charge in [-0.1, -0.05) is 23.7 Å². The summed E-state index contributed by atoms with van der Waals surface area (Å²) in [5.41, 5.74) is 0.942. The van der Waals surface area contributed by atoms with E-state index in [4.69, 9.17) is 15.8 Å². The summed E-state index contributed by atoms with van der Waals surface area (Å²) in [4.78, 5) is 13.5. The number of nitrogens with zero attached hydrogens (tertiary/aromatic N) is 1. The van der Waals surface area contributed by atoms with Gasteiger partial charge < -0.3 is 4.90 Å². The van der Waals surface area contributed by atoms with E-state index in [1.165, 1.54) is 0 Å². The monoisotopic (exact) mass is 303 g/mol. The lowest BCUT2D eigenvalue weighted by molar-refractivity contribution is -0.133. The average molecular weight is 304 g/mol. The van der Waals surface area contributed by atoms with Gasteiger partial charge >= 0.3 is 0 Å². The van der Waals surface area contributed by atoms with Gasteiger partial charge in [0, 0.05) is 24.5 Å². The topological polar surface area (TPSA) is 63.7 Å². The second-order valence-corrected chi connectivity index (χ2v) is 6.50. The molecule has 1 fully saturated rings. The molecule has 0 bridgehead atoms. The van der Waals surface area contributed by atoms with Gasteiger partial charge in [0.05, 0.1) is 6.26 Å². The highest BCUT2D eigenvalue weighted by atomic mass is 35.5. The first kappa shape index (κ1) is 14.3. The molecule has 1 heterocycles. The second kappa shape index (κ2) is 5.48. The van der Waals surface area contributed by atoms with Gasteiger partial charge in [-0.15, -0.1) is 0 Å². The quantitative estimate of drug-likeness (QED) is 0.789. The maximum atomic E-state index is 12.0. The van der Waals surface area contributed by atoms with Crippen molar-refractivity contribution in [2.45, 2.75) is 19.1 Å². The zero-order chi connectivity index (χ0) is 14.0. The second-order valence-electron chi connectivity index (χ2n) is 4.46. The van der Waals surface area contributed by atoms with Crippen LogP contribution in [-0.4, -0.2) is 38.1 Å². The van der Waals surface area contributed by atoms with E-state index in [1.807, 2.05) is 12.1 Å². The van der Waals surface area contributed by atoms with Crippen LogP contribution in [0.3, 0.4) is 0 Å². The highest BCUT2D eigenvalue weighted by molar-refractivity contribution is 7.86. The van der Waals surface area contributed by atoms with Crippen molar-refractivity contribution < 1.29 is 17.4 Å². The van der Waals surface area contributed by atoms with Crippen LogP contribution < -0.4 is 0 Å². The van der Waals surface area contributed by atoms with Crippen LogP contribution in [0.1, 0.15) is 12.0 Å². The van der Waals surface area contributed by atoms with Crippen LogP contribution in [0.5, 0.6) is 0 Å². The van der Waals surface area contributed by atoms with Gasteiger partial charge in [-0.2, -0.15) is 8.42 Å². The van der Waals surface area contributed by atoms with E-state index in [9.17, 15) is 13.2 Å². The first-order valence-electron chi connectivity index (χ1n) is 5.76. The van der Waals surface area contributed by atoms with E-state index in [-0.39, 0.29) is 5.91 Å². The number of halogens is 1. The molecular weight excluding hydrogens is 290 g/mol. The summed E-state index contributed by atoms with van der Waals surface area (Å²) < 4.78 is 26.8. The summed E-state index contributed by atoms with van der Waals surface area (Å²) in [5, 5.41) is 0.634. The molecule has 19 heavy (non-hydrogen) atoms. The molecule has 1 saturated heterocycles. The van der Waals surface area contributed by atoms with E-state index < -0.39 is 16.2 Å². The summed E-state index contributed by atoms with van der Waals surface area (Å²) in [6.07, 6.45) is 0.448. The van der Waals surface area contributed by atoms with Crippen LogP contribution in [0.15, 0.2) is 24.3 Å². The lowest BCUT2D eigenvalue weighted by Gasteiger charge is -2.16. The molecule has 0 aliphatic carbocycles. The van der Waals surface area contributed by atoms with Gasteiger partial charge in [-0.05, 0) is 17.7 Å². The van der Waals surface area contributed by atoms with Crippen molar-refractivity contribution in [3.8, 4) is 0 Å². The Morgan fingerprint density at radius 1 is 1.37 bits per heavy atom. The van der Waals surface area contributed by atoms with E-state index in [1.54, 1.807) is 17.0 Å². The normalized spacial score (nSPS) is 20.0. The van der Waals surface area contributed by atoms with Crippen molar-refractivity contribution in [2.75, 3.05) is 12.8 Å². The van der Waals surface area contributed by atoms with Gasteiger partial charge in [0.2, 0.25) is 0 Å². The Hall–Kier alpha value is -1.11. The highest BCUT2D eigenvalue weighted by Gasteiger charge is 2.34. The Balaban J connectivity index is 2.00. The smallest absolute Gasteiger partial charge is 0.265 e. The number of benzene rings is 1. The van der Waals surface area contributed by atoms with Crippen LogP contribution >= 0.6 is 11.6 Å². The van der Waals surface area contributed by atoms with Crippen molar-refractivity contribution in [1.29, 1.82) is 0 Å². The number of carbonyl (C=O) groups is 1. The predicted octanol–water partition coefficient (Wildman–Crippen LogP) is 1.42. The molecule has 5 nitrogen and oxygen atoms in total. The first-order valence-corrected chi connectivity index (χ1v) is 7.96. The largest absolute Gasteiger partial charge is 0.336 e. The van der Waals surface area contributed by atoms with Gasteiger partial charge in [0.1, 0.15) is 0 Å². The fourth-order valence-electron chi connectivity index (χ4n) is 1.98. The Labute approximate surface area is 117 Å². The molecule has 1 amide bonds. The third-order valence-electron chi connectivity index (χ3n) is 2.83. The van der Waals surface area contributed by atoms with Gasteiger partial charge in [-0.3, -0.25) is 8.98 Å². The molecule has 7 heteroatoms. The van der Waals surface area contributed by atoms with Crippen molar-refractivity contribution in [3.63, 3.8) is 0 Å². The lowest BCUT2D eigenvalue weighted by atomic mass is 10.2. The maximum Gasteiger partial charge on any atom is 0.265 e. The zero-order valence-corrected chi connectivity index (χ0v) is 11.9. The number of rotatable bonds is 4. The van der Waals surface area contributed by atoms with Crippen molar-refractivity contribution in [1.82, 2.24) is 4.90 Å². The molecule has 1 aliphatic rings. The standard InChI is InChI=1S/C12H14ClNO4S/c1-19(16,17)18-11-6-7-14(12(11)15)8-9-2-4-10(13)5-3-9/h2-5,11H,6-8H2,1H3/t11-/m0/s1. The molecule has 1 aliphatic heterocycles. The summed E-state index contributed by atoms with van der Waals surface area (Å²) in [6.45, 7) is 0.918. The summed E-state index contributed by atoms with van der Waals surface area (Å²) in [7, 11) is -3.61. The molecule has 1 atom stereocenters. The number of hydrogen-bond acceptors (Lipinski definition) is 4. The molecule has 0 spiro atoms. The SMILES string of the molecule is CS(=O)(=O)O[C@H]1CCN(Cc2ccc(Cl)cc2)C1=O. The van der Waals surface area contributed by atoms with Crippen LogP contribution in [0.25, 0.3) is 0 Å². The minimum Gasteiger partial charge on any atom is -0.336 e.